The van der Waals surface area contributed by atoms with Crippen LogP contribution in [0.5, 0.6) is 0 Å². The molecule has 1 unspecified atom stereocenters. The van der Waals surface area contributed by atoms with Gasteiger partial charge in [-0.25, -0.2) is 9.37 Å². The van der Waals surface area contributed by atoms with Crippen molar-refractivity contribution in [2.24, 2.45) is 0 Å². The lowest BCUT2D eigenvalue weighted by Crippen LogP contribution is -2.27. The number of benzene rings is 3. The van der Waals surface area contributed by atoms with Gasteiger partial charge in [-0.2, -0.15) is 0 Å². The molecule has 0 bridgehead atoms. The minimum atomic E-state index is -0.332. The monoisotopic (exact) mass is 471 g/mol. The molecule has 1 amide bonds. The van der Waals surface area contributed by atoms with Gasteiger partial charge >= 0.3 is 0 Å². The number of aryl methyl sites for hydroxylation is 2. The Kier molecular flexibility index (Phi) is 7.73. The van der Waals surface area contributed by atoms with E-state index in [4.69, 9.17) is 4.42 Å². The number of halogens is 1. The lowest BCUT2D eigenvalue weighted by atomic mass is 10.0. The molecule has 1 N–H and O–H groups in total. The van der Waals surface area contributed by atoms with Gasteiger partial charge in [0.2, 0.25) is 5.89 Å². The molecule has 35 heavy (non-hydrogen) atoms. The fraction of sp³-hybridized carbons (Fsp3) is 0.241. The second-order valence-electron chi connectivity index (χ2n) is 8.86. The molecule has 180 valence electrons. The maximum Gasteiger partial charge on any atom is 0.273 e. The zero-order valence-corrected chi connectivity index (χ0v) is 20.3. The molecular weight excluding hydrogens is 441 g/mol. The Morgan fingerprint density at radius 2 is 1.77 bits per heavy atom. The van der Waals surface area contributed by atoms with Gasteiger partial charge in [0.15, 0.2) is 5.69 Å². The first-order valence-electron chi connectivity index (χ1n) is 11.7. The van der Waals surface area contributed by atoms with Crippen LogP contribution in [0, 0.1) is 19.7 Å². The Bertz CT molecular complexity index is 1270. The van der Waals surface area contributed by atoms with Crippen molar-refractivity contribution in [3.63, 3.8) is 0 Å². The summed E-state index contributed by atoms with van der Waals surface area (Å²) in [5.74, 6) is -0.165. The van der Waals surface area contributed by atoms with Crippen LogP contribution in [0.3, 0.4) is 0 Å². The SMILES string of the molecule is Cc1ccc(CN(Cc2nc(C(=O)NCc3ccc(F)cc3)co2)C(C)c2ccccc2)c(C)c1. The van der Waals surface area contributed by atoms with E-state index in [0.717, 1.165) is 12.1 Å². The number of carbonyl (C=O) groups excluding carboxylic acids is 1. The summed E-state index contributed by atoms with van der Waals surface area (Å²) in [5.41, 5.74) is 5.94. The quantitative estimate of drug-likeness (QED) is 0.319. The highest BCUT2D eigenvalue weighted by atomic mass is 19.1. The van der Waals surface area contributed by atoms with E-state index < -0.39 is 0 Å². The van der Waals surface area contributed by atoms with Gasteiger partial charge in [0.25, 0.3) is 5.91 Å². The molecule has 0 radical (unpaired) electrons. The van der Waals surface area contributed by atoms with Crippen LogP contribution in [-0.2, 0) is 19.6 Å². The van der Waals surface area contributed by atoms with Crippen LogP contribution in [0.25, 0.3) is 0 Å². The van der Waals surface area contributed by atoms with Gasteiger partial charge in [-0.1, -0.05) is 66.2 Å². The Labute approximate surface area is 205 Å². The Balaban J connectivity index is 1.48. The lowest BCUT2D eigenvalue weighted by molar-refractivity contribution is 0.0945. The number of rotatable bonds is 9. The smallest absolute Gasteiger partial charge is 0.273 e. The number of amides is 1. The number of carbonyl (C=O) groups is 1. The Hall–Kier alpha value is -3.77. The topological polar surface area (TPSA) is 58.4 Å². The third-order valence-electron chi connectivity index (χ3n) is 6.19. The summed E-state index contributed by atoms with van der Waals surface area (Å²) >= 11 is 0. The third-order valence-corrected chi connectivity index (χ3v) is 6.19. The molecule has 6 heteroatoms. The first kappa shape index (κ1) is 24.4. The lowest BCUT2D eigenvalue weighted by Gasteiger charge is -2.29. The highest BCUT2D eigenvalue weighted by Gasteiger charge is 2.21. The molecule has 0 spiro atoms. The normalized spacial score (nSPS) is 12.0. The van der Waals surface area contributed by atoms with Crippen LogP contribution < -0.4 is 5.32 Å². The highest BCUT2D eigenvalue weighted by Crippen LogP contribution is 2.26. The van der Waals surface area contributed by atoms with E-state index in [0.29, 0.717) is 12.4 Å². The average Bonchev–Trinajstić information content (AvgIpc) is 3.33. The van der Waals surface area contributed by atoms with Crippen LogP contribution in [0.15, 0.2) is 83.5 Å². The molecule has 1 aromatic heterocycles. The van der Waals surface area contributed by atoms with Gasteiger partial charge in [0.1, 0.15) is 12.1 Å². The number of oxazole rings is 1. The van der Waals surface area contributed by atoms with Crippen molar-refractivity contribution >= 4 is 5.91 Å². The summed E-state index contributed by atoms with van der Waals surface area (Å²) in [6.45, 7) is 7.84. The van der Waals surface area contributed by atoms with Gasteiger partial charge in [0.05, 0.1) is 6.54 Å². The maximum absolute atomic E-state index is 13.1. The summed E-state index contributed by atoms with van der Waals surface area (Å²) < 4.78 is 18.8. The first-order valence-corrected chi connectivity index (χ1v) is 11.7. The van der Waals surface area contributed by atoms with Crippen LogP contribution in [0.4, 0.5) is 4.39 Å². The summed E-state index contributed by atoms with van der Waals surface area (Å²) in [6, 6.07) is 22.9. The second-order valence-corrected chi connectivity index (χ2v) is 8.86. The van der Waals surface area contributed by atoms with Crippen LogP contribution in [0.1, 0.15) is 57.2 Å². The van der Waals surface area contributed by atoms with Crippen molar-refractivity contribution in [1.82, 2.24) is 15.2 Å². The van der Waals surface area contributed by atoms with E-state index in [1.165, 1.54) is 40.6 Å². The fourth-order valence-corrected chi connectivity index (χ4v) is 4.05. The molecule has 1 heterocycles. The molecule has 0 aliphatic rings. The van der Waals surface area contributed by atoms with E-state index >= 15 is 0 Å². The molecule has 1 atom stereocenters. The molecule has 4 rings (SSSR count). The van der Waals surface area contributed by atoms with E-state index in [-0.39, 0.29) is 30.0 Å². The molecule has 3 aromatic carbocycles. The zero-order chi connectivity index (χ0) is 24.8. The largest absolute Gasteiger partial charge is 0.447 e. The molecule has 0 saturated heterocycles. The van der Waals surface area contributed by atoms with E-state index in [1.54, 1.807) is 12.1 Å². The average molecular weight is 472 g/mol. The summed E-state index contributed by atoms with van der Waals surface area (Å²) in [7, 11) is 0. The van der Waals surface area contributed by atoms with Crippen molar-refractivity contribution in [3.8, 4) is 0 Å². The number of nitrogens with one attached hydrogen (secondary N) is 1. The van der Waals surface area contributed by atoms with Crippen molar-refractivity contribution in [2.75, 3.05) is 0 Å². The number of hydrogen-bond acceptors (Lipinski definition) is 4. The molecular formula is C29H30FN3O2. The minimum Gasteiger partial charge on any atom is -0.447 e. The van der Waals surface area contributed by atoms with Crippen LogP contribution in [0.2, 0.25) is 0 Å². The predicted molar refractivity (Wildman–Crippen MR) is 134 cm³/mol. The Morgan fingerprint density at radius 1 is 1.03 bits per heavy atom. The summed E-state index contributed by atoms with van der Waals surface area (Å²) in [5, 5.41) is 2.81. The standard InChI is InChI=1S/C29H30FN3O2/c1-20-9-12-25(21(2)15-20)17-33(22(3)24-7-5-4-6-8-24)18-28-32-27(19-35-28)29(34)31-16-23-10-13-26(30)14-11-23/h4-15,19,22H,16-18H2,1-3H3,(H,31,34). The van der Waals surface area contributed by atoms with Gasteiger partial charge in [-0.05, 0) is 55.2 Å². The first-order chi connectivity index (χ1) is 16.9. The van der Waals surface area contributed by atoms with Crippen LogP contribution in [-0.4, -0.2) is 15.8 Å². The number of nitrogens with zero attached hydrogens (tertiary/aromatic N) is 2. The van der Waals surface area contributed by atoms with Gasteiger partial charge in [-0.15, -0.1) is 0 Å². The van der Waals surface area contributed by atoms with Crippen molar-refractivity contribution in [3.05, 3.63) is 124 Å². The maximum atomic E-state index is 13.1. The molecule has 0 saturated carbocycles. The van der Waals surface area contributed by atoms with E-state index in [1.807, 2.05) is 18.2 Å². The summed E-state index contributed by atoms with van der Waals surface area (Å²) in [4.78, 5) is 19.3. The van der Waals surface area contributed by atoms with Crippen molar-refractivity contribution in [2.45, 2.75) is 46.4 Å². The molecule has 0 fully saturated rings. The highest BCUT2D eigenvalue weighted by molar-refractivity contribution is 5.91. The van der Waals surface area contributed by atoms with Crippen molar-refractivity contribution in [1.29, 1.82) is 0 Å². The molecule has 4 aromatic rings. The molecule has 0 aliphatic heterocycles. The second kappa shape index (κ2) is 11.1. The van der Waals surface area contributed by atoms with Gasteiger partial charge < -0.3 is 9.73 Å². The minimum absolute atomic E-state index is 0.111. The van der Waals surface area contributed by atoms with E-state index in [2.05, 4.69) is 66.3 Å². The number of aromatic nitrogens is 1. The predicted octanol–water partition coefficient (Wildman–Crippen LogP) is 6.12. The van der Waals surface area contributed by atoms with Gasteiger partial charge in [0, 0.05) is 19.1 Å². The molecule has 0 aliphatic carbocycles. The van der Waals surface area contributed by atoms with Crippen molar-refractivity contribution < 1.29 is 13.6 Å². The van der Waals surface area contributed by atoms with E-state index in [9.17, 15) is 9.18 Å². The van der Waals surface area contributed by atoms with Crippen LogP contribution >= 0.6 is 0 Å². The number of hydrogen-bond donors (Lipinski definition) is 1. The summed E-state index contributed by atoms with van der Waals surface area (Å²) in [6.07, 6.45) is 1.39. The fourth-order valence-electron chi connectivity index (χ4n) is 4.05. The Morgan fingerprint density at radius 3 is 2.49 bits per heavy atom. The molecule has 5 nitrogen and oxygen atoms in total. The third kappa shape index (κ3) is 6.43. The zero-order valence-electron chi connectivity index (χ0n) is 20.3. The van der Waals surface area contributed by atoms with Gasteiger partial charge in [-0.3, -0.25) is 9.69 Å².